The molecule has 3 nitrogen and oxygen atoms in total. The van der Waals surface area contributed by atoms with Crippen LogP contribution in [0.25, 0.3) is 16.3 Å². The van der Waals surface area contributed by atoms with Crippen molar-refractivity contribution in [1.82, 2.24) is 10.3 Å². The molecule has 1 unspecified atom stereocenters. The van der Waals surface area contributed by atoms with Crippen molar-refractivity contribution in [2.24, 2.45) is 5.92 Å². The fourth-order valence-corrected chi connectivity index (χ4v) is 2.97. The van der Waals surface area contributed by atoms with Gasteiger partial charge in [-0.25, -0.2) is 4.98 Å². The van der Waals surface area contributed by atoms with Gasteiger partial charge < -0.3 is 5.32 Å². The largest absolute Gasteiger partial charge is 0.350 e. The Morgan fingerprint density at radius 1 is 1.47 bits per heavy atom. The first-order chi connectivity index (χ1) is 9.22. The molecule has 1 atom stereocenters. The molecular weight excluding hydrogens is 256 g/mol. The molecule has 4 heteroatoms. The lowest BCUT2D eigenvalue weighted by atomic mass is 10.2. The third-order valence-corrected chi connectivity index (χ3v) is 4.39. The summed E-state index contributed by atoms with van der Waals surface area (Å²) in [4.78, 5) is 16.2. The summed E-state index contributed by atoms with van der Waals surface area (Å²) in [6, 6.07) is 8.28. The SMILES string of the molecule is CC(NC(=O)C=Cc1nc2ccccc2s1)C1CC1. The number of carbonyl (C=O) groups excluding carboxylic acids is 1. The molecule has 1 saturated carbocycles. The monoisotopic (exact) mass is 272 g/mol. The fraction of sp³-hybridized carbons (Fsp3) is 0.333. The van der Waals surface area contributed by atoms with Gasteiger partial charge in [-0.1, -0.05) is 12.1 Å². The fourth-order valence-electron chi connectivity index (χ4n) is 2.09. The number of hydrogen-bond acceptors (Lipinski definition) is 3. The molecule has 98 valence electrons. The summed E-state index contributed by atoms with van der Waals surface area (Å²) in [5.74, 6) is 0.651. The average molecular weight is 272 g/mol. The van der Waals surface area contributed by atoms with Crippen LogP contribution in [0.5, 0.6) is 0 Å². The molecule has 1 aromatic heterocycles. The Labute approximate surface area is 116 Å². The molecule has 3 rings (SSSR count). The Kier molecular flexibility index (Phi) is 3.34. The second-order valence-corrected chi connectivity index (χ2v) is 6.05. The van der Waals surface area contributed by atoms with E-state index >= 15 is 0 Å². The van der Waals surface area contributed by atoms with Crippen LogP contribution < -0.4 is 5.32 Å². The smallest absolute Gasteiger partial charge is 0.244 e. The van der Waals surface area contributed by atoms with Gasteiger partial charge in [0, 0.05) is 12.1 Å². The predicted octanol–water partition coefficient (Wildman–Crippen LogP) is 3.22. The van der Waals surface area contributed by atoms with Crippen molar-refractivity contribution >= 4 is 33.5 Å². The highest BCUT2D eigenvalue weighted by Gasteiger charge is 2.28. The van der Waals surface area contributed by atoms with E-state index in [0.29, 0.717) is 5.92 Å². The molecule has 2 aromatic rings. The summed E-state index contributed by atoms with van der Waals surface area (Å²) in [5.41, 5.74) is 0.985. The second kappa shape index (κ2) is 5.13. The molecule has 1 N–H and O–H groups in total. The van der Waals surface area contributed by atoms with Crippen LogP contribution in [0.1, 0.15) is 24.8 Å². The number of thiazole rings is 1. The molecule has 1 amide bonds. The summed E-state index contributed by atoms with van der Waals surface area (Å²) in [5, 5.41) is 3.87. The lowest BCUT2D eigenvalue weighted by Crippen LogP contribution is -2.32. The Bertz CT molecular complexity index is 595. The van der Waals surface area contributed by atoms with Gasteiger partial charge in [-0.3, -0.25) is 4.79 Å². The molecule has 1 aliphatic rings. The van der Waals surface area contributed by atoms with E-state index in [9.17, 15) is 4.79 Å². The van der Waals surface area contributed by atoms with Gasteiger partial charge in [0.2, 0.25) is 5.91 Å². The number of benzene rings is 1. The van der Waals surface area contributed by atoms with E-state index in [1.54, 1.807) is 23.5 Å². The highest BCUT2D eigenvalue weighted by Crippen LogP contribution is 2.32. The maximum Gasteiger partial charge on any atom is 0.244 e. The first-order valence-electron chi connectivity index (χ1n) is 6.56. The van der Waals surface area contributed by atoms with Gasteiger partial charge in [-0.05, 0) is 43.9 Å². The maximum atomic E-state index is 11.8. The molecule has 1 aliphatic carbocycles. The minimum Gasteiger partial charge on any atom is -0.350 e. The highest BCUT2D eigenvalue weighted by atomic mass is 32.1. The first kappa shape index (κ1) is 12.4. The van der Waals surface area contributed by atoms with Crippen molar-refractivity contribution in [3.63, 3.8) is 0 Å². The van der Waals surface area contributed by atoms with Crippen molar-refractivity contribution in [3.8, 4) is 0 Å². The summed E-state index contributed by atoms with van der Waals surface area (Å²) in [7, 11) is 0. The van der Waals surface area contributed by atoms with Crippen molar-refractivity contribution in [2.75, 3.05) is 0 Å². The minimum atomic E-state index is -0.0290. The standard InChI is InChI=1S/C15H16N2OS/c1-10(11-6-7-11)16-14(18)8-9-15-17-12-4-2-3-5-13(12)19-15/h2-5,8-11H,6-7H2,1H3,(H,16,18). The lowest BCUT2D eigenvalue weighted by Gasteiger charge is -2.09. The summed E-state index contributed by atoms with van der Waals surface area (Å²) < 4.78 is 1.15. The van der Waals surface area contributed by atoms with Crippen LogP contribution >= 0.6 is 11.3 Å². The Morgan fingerprint density at radius 2 is 2.26 bits per heavy atom. The molecule has 0 radical (unpaired) electrons. The Hall–Kier alpha value is -1.68. The normalized spacial score (nSPS) is 16.9. The average Bonchev–Trinajstić information content (AvgIpc) is 3.16. The summed E-state index contributed by atoms with van der Waals surface area (Å²) >= 11 is 1.60. The maximum absolute atomic E-state index is 11.8. The van der Waals surface area contributed by atoms with E-state index in [1.165, 1.54) is 12.8 Å². The number of hydrogen-bond donors (Lipinski definition) is 1. The number of nitrogens with zero attached hydrogens (tertiary/aromatic N) is 1. The third-order valence-electron chi connectivity index (χ3n) is 3.39. The number of carbonyl (C=O) groups is 1. The topological polar surface area (TPSA) is 42.0 Å². The summed E-state index contributed by atoms with van der Waals surface area (Å²) in [6.45, 7) is 2.07. The lowest BCUT2D eigenvalue weighted by molar-refractivity contribution is -0.117. The van der Waals surface area contributed by atoms with E-state index in [0.717, 1.165) is 15.2 Å². The van der Waals surface area contributed by atoms with Crippen molar-refractivity contribution in [2.45, 2.75) is 25.8 Å². The Morgan fingerprint density at radius 3 is 3.00 bits per heavy atom. The molecule has 0 spiro atoms. The minimum absolute atomic E-state index is 0.0290. The van der Waals surface area contributed by atoms with Gasteiger partial charge in [0.1, 0.15) is 5.01 Å². The van der Waals surface area contributed by atoms with E-state index < -0.39 is 0 Å². The molecule has 0 aliphatic heterocycles. The number of para-hydroxylation sites is 1. The molecule has 0 saturated heterocycles. The van der Waals surface area contributed by atoms with Crippen molar-refractivity contribution in [1.29, 1.82) is 0 Å². The zero-order valence-corrected chi connectivity index (χ0v) is 11.6. The number of rotatable bonds is 4. The molecule has 1 aromatic carbocycles. The van der Waals surface area contributed by atoms with Gasteiger partial charge >= 0.3 is 0 Å². The second-order valence-electron chi connectivity index (χ2n) is 4.99. The first-order valence-corrected chi connectivity index (χ1v) is 7.38. The van der Waals surface area contributed by atoms with E-state index in [4.69, 9.17) is 0 Å². The van der Waals surface area contributed by atoms with Crippen LogP contribution in [0.4, 0.5) is 0 Å². The van der Waals surface area contributed by atoms with E-state index in [-0.39, 0.29) is 11.9 Å². The highest BCUT2D eigenvalue weighted by molar-refractivity contribution is 7.19. The Balaban J connectivity index is 1.66. The van der Waals surface area contributed by atoms with Gasteiger partial charge in [-0.15, -0.1) is 11.3 Å². The van der Waals surface area contributed by atoms with Crippen LogP contribution in [-0.4, -0.2) is 16.9 Å². The number of nitrogens with one attached hydrogen (secondary N) is 1. The van der Waals surface area contributed by atoms with Crippen LogP contribution in [-0.2, 0) is 4.79 Å². The number of amides is 1. The van der Waals surface area contributed by atoms with Gasteiger partial charge in [0.15, 0.2) is 0 Å². The van der Waals surface area contributed by atoms with Crippen LogP contribution in [0.15, 0.2) is 30.3 Å². The number of aromatic nitrogens is 1. The van der Waals surface area contributed by atoms with Crippen molar-refractivity contribution in [3.05, 3.63) is 35.3 Å². The zero-order valence-electron chi connectivity index (χ0n) is 10.8. The molecule has 1 heterocycles. The zero-order chi connectivity index (χ0) is 13.2. The van der Waals surface area contributed by atoms with E-state index in [1.807, 2.05) is 24.3 Å². The van der Waals surface area contributed by atoms with E-state index in [2.05, 4.69) is 17.2 Å². The molecular formula is C15H16N2OS. The van der Waals surface area contributed by atoms with Crippen LogP contribution in [0.2, 0.25) is 0 Å². The van der Waals surface area contributed by atoms with Crippen molar-refractivity contribution < 1.29 is 4.79 Å². The van der Waals surface area contributed by atoms with Gasteiger partial charge in [-0.2, -0.15) is 0 Å². The van der Waals surface area contributed by atoms with Crippen LogP contribution in [0, 0.1) is 5.92 Å². The molecule has 19 heavy (non-hydrogen) atoms. The van der Waals surface area contributed by atoms with Gasteiger partial charge in [0.25, 0.3) is 0 Å². The third kappa shape index (κ3) is 3.01. The predicted molar refractivity (Wildman–Crippen MR) is 79.0 cm³/mol. The quantitative estimate of drug-likeness (QED) is 0.868. The van der Waals surface area contributed by atoms with Crippen LogP contribution in [0.3, 0.4) is 0 Å². The molecule has 1 fully saturated rings. The van der Waals surface area contributed by atoms with Gasteiger partial charge in [0.05, 0.1) is 10.2 Å². The number of fused-ring (bicyclic) bond motifs is 1. The molecule has 0 bridgehead atoms. The summed E-state index contributed by atoms with van der Waals surface area (Å²) in [6.07, 6.45) is 5.85.